The van der Waals surface area contributed by atoms with Gasteiger partial charge in [0, 0.05) is 6.04 Å². The molecule has 0 bridgehead atoms. The Morgan fingerprint density at radius 2 is 1.80 bits per heavy atom. The summed E-state index contributed by atoms with van der Waals surface area (Å²) in [5, 5.41) is 11.9. The molecule has 0 radical (unpaired) electrons. The highest BCUT2D eigenvalue weighted by Crippen LogP contribution is 2.46. The summed E-state index contributed by atoms with van der Waals surface area (Å²) >= 11 is 0. The molecule has 0 aliphatic heterocycles. The number of hydrogen-bond acceptors (Lipinski definition) is 2. The maximum atomic E-state index is 12.0. The summed E-state index contributed by atoms with van der Waals surface area (Å²) in [4.78, 5) is 23.1. The summed E-state index contributed by atoms with van der Waals surface area (Å²) in [5.41, 5.74) is 2.40. The van der Waals surface area contributed by atoms with E-state index < -0.39 is 11.4 Å². The average molecular weight is 275 g/mol. The van der Waals surface area contributed by atoms with Crippen molar-refractivity contribution in [3.8, 4) is 0 Å². The number of hydrogen-bond donors (Lipinski definition) is 2. The van der Waals surface area contributed by atoms with E-state index in [0.717, 1.165) is 5.56 Å². The summed E-state index contributed by atoms with van der Waals surface area (Å²) in [7, 11) is 0. The Morgan fingerprint density at radius 3 is 2.25 bits per heavy atom. The van der Waals surface area contributed by atoms with Gasteiger partial charge in [-0.1, -0.05) is 29.3 Å². The fraction of sp³-hybridized carbons (Fsp3) is 0.500. The number of nitrogens with one attached hydrogen (secondary N) is 1. The molecule has 1 aromatic carbocycles. The highest BCUT2D eigenvalue weighted by molar-refractivity contribution is 6.04. The van der Waals surface area contributed by atoms with Gasteiger partial charge in [-0.25, -0.2) is 0 Å². The van der Waals surface area contributed by atoms with E-state index in [0.29, 0.717) is 19.3 Å². The topological polar surface area (TPSA) is 66.4 Å². The van der Waals surface area contributed by atoms with Gasteiger partial charge in [-0.3, -0.25) is 9.59 Å². The standard InChI is InChI=1S/C16H21NO3/c1-10-6-11(2)8-13(7-10)9-12(3)17-14(18)16(4-5-16)15(19)20/h6-8,12H,4-5,9H2,1-3H3,(H,17,18)(H,19,20). The molecule has 4 nitrogen and oxygen atoms in total. The third-order valence-corrected chi connectivity index (χ3v) is 3.79. The molecule has 0 heterocycles. The molecule has 2 N–H and O–H groups in total. The van der Waals surface area contributed by atoms with Crippen LogP contribution in [0.2, 0.25) is 0 Å². The first-order valence-electron chi connectivity index (χ1n) is 6.95. The van der Waals surface area contributed by atoms with Gasteiger partial charge in [0.2, 0.25) is 5.91 Å². The predicted octanol–water partition coefficient (Wildman–Crippen LogP) is 2.22. The van der Waals surface area contributed by atoms with Gasteiger partial charge in [0.25, 0.3) is 0 Å². The van der Waals surface area contributed by atoms with Crippen molar-refractivity contribution in [3.05, 3.63) is 34.9 Å². The van der Waals surface area contributed by atoms with Crippen molar-refractivity contribution in [2.45, 2.75) is 46.1 Å². The molecule has 1 amide bonds. The number of carbonyl (C=O) groups is 2. The molecule has 20 heavy (non-hydrogen) atoms. The minimum atomic E-state index is -1.16. The molecule has 1 saturated carbocycles. The molecule has 0 saturated heterocycles. The Labute approximate surface area is 119 Å². The van der Waals surface area contributed by atoms with Gasteiger partial charge in [0.05, 0.1) is 0 Å². The first kappa shape index (κ1) is 14.6. The van der Waals surface area contributed by atoms with E-state index in [-0.39, 0.29) is 11.9 Å². The molecule has 4 heteroatoms. The van der Waals surface area contributed by atoms with Crippen molar-refractivity contribution in [1.29, 1.82) is 0 Å². The van der Waals surface area contributed by atoms with Gasteiger partial charge < -0.3 is 10.4 Å². The van der Waals surface area contributed by atoms with Crippen molar-refractivity contribution in [1.82, 2.24) is 5.32 Å². The number of carboxylic acid groups (broad SMARTS) is 1. The Balaban J connectivity index is 1.97. The second kappa shape index (κ2) is 5.27. The predicted molar refractivity (Wildman–Crippen MR) is 76.5 cm³/mol. The minimum absolute atomic E-state index is 0.0690. The summed E-state index contributed by atoms with van der Waals surface area (Å²) in [5.74, 6) is -1.35. The van der Waals surface area contributed by atoms with Crippen molar-refractivity contribution in [3.63, 3.8) is 0 Å². The number of carboxylic acids is 1. The second-order valence-electron chi connectivity index (χ2n) is 5.96. The quantitative estimate of drug-likeness (QED) is 0.810. The Bertz CT molecular complexity index is 526. The minimum Gasteiger partial charge on any atom is -0.480 e. The van der Waals surface area contributed by atoms with Crippen LogP contribution < -0.4 is 5.32 Å². The number of aryl methyl sites for hydroxylation is 2. The van der Waals surface area contributed by atoms with E-state index in [4.69, 9.17) is 5.11 Å². The van der Waals surface area contributed by atoms with Gasteiger partial charge >= 0.3 is 5.97 Å². The molecule has 0 spiro atoms. The van der Waals surface area contributed by atoms with Gasteiger partial charge in [-0.05, 0) is 45.6 Å². The van der Waals surface area contributed by atoms with Crippen LogP contribution in [-0.4, -0.2) is 23.0 Å². The van der Waals surface area contributed by atoms with Crippen LogP contribution in [0, 0.1) is 19.3 Å². The smallest absolute Gasteiger partial charge is 0.319 e. The van der Waals surface area contributed by atoms with Crippen LogP contribution in [0.5, 0.6) is 0 Å². The summed E-state index contributed by atoms with van der Waals surface area (Å²) < 4.78 is 0. The molecule has 0 aromatic heterocycles. The second-order valence-corrected chi connectivity index (χ2v) is 5.96. The number of benzene rings is 1. The Morgan fingerprint density at radius 1 is 1.25 bits per heavy atom. The summed E-state index contributed by atoms with van der Waals surface area (Å²) in [6, 6.07) is 6.23. The van der Waals surface area contributed by atoms with E-state index in [2.05, 4.69) is 23.5 Å². The normalized spacial score (nSPS) is 17.4. The lowest BCUT2D eigenvalue weighted by Crippen LogP contribution is -2.42. The molecular formula is C16H21NO3. The Hall–Kier alpha value is -1.84. The van der Waals surface area contributed by atoms with E-state index >= 15 is 0 Å². The van der Waals surface area contributed by atoms with Crippen molar-refractivity contribution < 1.29 is 14.7 Å². The number of aliphatic carboxylic acids is 1. The summed E-state index contributed by atoms with van der Waals surface area (Å²) in [6.45, 7) is 6.00. The fourth-order valence-corrected chi connectivity index (χ4v) is 2.62. The van der Waals surface area contributed by atoms with Gasteiger partial charge in [0.15, 0.2) is 0 Å². The molecule has 1 fully saturated rings. The van der Waals surface area contributed by atoms with E-state index in [1.165, 1.54) is 11.1 Å². The SMILES string of the molecule is Cc1cc(C)cc(CC(C)NC(=O)C2(C(=O)O)CC2)c1. The molecule has 108 valence electrons. The monoisotopic (exact) mass is 275 g/mol. The van der Waals surface area contributed by atoms with E-state index in [1.807, 2.05) is 20.8 Å². The first-order chi connectivity index (χ1) is 9.33. The highest BCUT2D eigenvalue weighted by Gasteiger charge is 2.57. The molecular weight excluding hydrogens is 254 g/mol. The van der Waals surface area contributed by atoms with Crippen LogP contribution in [0.15, 0.2) is 18.2 Å². The highest BCUT2D eigenvalue weighted by atomic mass is 16.4. The maximum absolute atomic E-state index is 12.0. The van der Waals surface area contributed by atoms with E-state index in [1.54, 1.807) is 0 Å². The van der Waals surface area contributed by atoms with Crippen molar-refractivity contribution in [2.75, 3.05) is 0 Å². The van der Waals surface area contributed by atoms with Crippen molar-refractivity contribution in [2.24, 2.45) is 5.41 Å². The number of carbonyl (C=O) groups excluding carboxylic acids is 1. The largest absolute Gasteiger partial charge is 0.480 e. The van der Waals surface area contributed by atoms with Crippen LogP contribution in [-0.2, 0) is 16.0 Å². The molecule has 1 atom stereocenters. The van der Waals surface area contributed by atoms with Crippen LogP contribution in [0.3, 0.4) is 0 Å². The van der Waals surface area contributed by atoms with Crippen LogP contribution in [0.4, 0.5) is 0 Å². The van der Waals surface area contributed by atoms with Crippen molar-refractivity contribution >= 4 is 11.9 Å². The lowest BCUT2D eigenvalue weighted by molar-refractivity contribution is -0.149. The molecule has 1 aliphatic carbocycles. The lowest BCUT2D eigenvalue weighted by atomic mass is 10.0. The molecule has 2 rings (SSSR count). The van der Waals surface area contributed by atoms with Gasteiger partial charge in [0.1, 0.15) is 5.41 Å². The first-order valence-corrected chi connectivity index (χ1v) is 6.95. The maximum Gasteiger partial charge on any atom is 0.319 e. The zero-order valence-electron chi connectivity index (χ0n) is 12.2. The van der Waals surface area contributed by atoms with E-state index in [9.17, 15) is 9.59 Å². The van der Waals surface area contributed by atoms with Crippen LogP contribution >= 0.6 is 0 Å². The fourth-order valence-electron chi connectivity index (χ4n) is 2.62. The molecule has 1 aliphatic rings. The lowest BCUT2D eigenvalue weighted by Gasteiger charge is -2.17. The van der Waals surface area contributed by atoms with Crippen LogP contribution in [0.25, 0.3) is 0 Å². The third kappa shape index (κ3) is 3.00. The molecule has 1 aromatic rings. The Kier molecular flexibility index (Phi) is 3.84. The van der Waals surface area contributed by atoms with Gasteiger partial charge in [-0.15, -0.1) is 0 Å². The average Bonchev–Trinajstić information content (AvgIpc) is 3.07. The van der Waals surface area contributed by atoms with Gasteiger partial charge in [-0.2, -0.15) is 0 Å². The zero-order chi connectivity index (χ0) is 14.9. The van der Waals surface area contributed by atoms with Crippen LogP contribution in [0.1, 0.15) is 36.5 Å². The summed E-state index contributed by atoms with van der Waals surface area (Å²) in [6.07, 6.45) is 1.61. The third-order valence-electron chi connectivity index (χ3n) is 3.79. The number of amides is 1. The molecule has 1 unspecified atom stereocenters. The zero-order valence-corrected chi connectivity index (χ0v) is 12.2. The number of rotatable bonds is 5.